The molecule has 0 saturated carbocycles. The Bertz CT molecular complexity index is 363. The summed E-state index contributed by atoms with van der Waals surface area (Å²) in [5.41, 5.74) is 0.343. The second-order valence-electron chi connectivity index (χ2n) is 3.28. The van der Waals surface area contributed by atoms with E-state index in [1.165, 1.54) is 0 Å². The number of carbonyl (C=O) groups is 1. The summed E-state index contributed by atoms with van der Waals surface area (Å²) in [7, 11) is 0. The molecule has 0 radical (unpaired) electrons. The van der Waals surface area contributed by atoms with Gasteiger partial charge in [-0.05, 0) is 10.9 Å². The lowest BCUT2D eigenvalue weighted by Gasteiger charge is -2.20. The molecule has 0 spiro atoms. The van der Waals surface area contributed by atoms with Crippen molar-refractivity contribution in [3.63, 3.8) is 0 Å². The van der Waals surface area contributed by atoms with Crippen LogP contribution in [0.4, 0.5) is 5.69 Å². The molecule has 0 bridgehead atoms. The molecule has 5 nitrogen and oxygen atoms in total. The van der Waals surface area contributed by atoms with E-state index in [-0.39, 0.29) is 19.0 Å². The van der Waals surface area contributed by atoms with Gasteiger partial charge in [0, 0.05) is 12.1 Å². The zero-order valence-corrected chi connectivity index (χ0v) is 8.84. The molecule has 1 aromatic rings. The van der Waals surface area contributed by atoms with Crippen molar-refractivity contribution in [2.24, 2.45) is 0 Å². The van der Waals surface area contributed by atoms with Gasteiger partial charge >= 0.3 is 0 Å². The first-order chi connectivity index (χ1) is 7.56. The maximum Gasteiger partial charge on any atom is 0.243 e. The minimum atomic E-state index is -1.25. The standard InChI is InChI=1S/C11H14N2O3/c1-2-11(14)12-8-9-13(15,16)10-6-4-3-5-7-10/h2-7,15-16H,1,8-9H2/p+1. The average Bonchev–Trinajstić information content (AvgIpc) is 2.30. The fourth-order valence-electron chi connectivity index (χ4n) is 1.20. The van der Waals surface area contributed by atoms with Crippen molar-refractivity contribution in [2.45, 2.75) is 0 Å². The van der Waals surface area contributed by atoms with Crippen LogP contribution < -0.4 is 10.1 Å². The number of nitrogens with zero attached hydrogens (tertiary/aromatic N) is 1. The number of nitrogens with one attached hydrogen (secondary N) is 1. The Morgan fingerprint density at radius 1 is 1.38 bits per heavy atom. The van der Waals surface area contributed by atoms with Crippen LogP contribution in [0.2, 0.25) is 0 Å². The molecular formula is C11H15N2O3+. The average molecular weight is 223 g/mol. The number of benzene rings is 1. The van der Waals surface area contributed by atoms with Gasteiger partial charge in [-0.15, -0.1) is 0 Å². The number of para-hydroxylation sites is 1. The van der Waals surface area contributed by atoms with E-state index in [4.69, 9.17) is 0 Å². The van der Waals surface area contributed by atoms with Crippen LogP contribution in [0.1, 0.15) is 0 Å². The SMILES string of the molecule is C=CC(=O)NCC[N+](O)(O)c1ccccc1. The van der Waals surface area contributed by atoms with E-state index >= 15 is 0 Å². The first kappa shape index (κ1) is 12.4. The smallest absolute Gasteiger partial charge is 0.243 e. The molecule has 0 aliphatic heterocycles. The van der Waals surface area contributed by atoms with Crippen LogP contribution in [0.3, 0.4) is 0 Å². The van der Waals surface area contributed by atoms with E-state index in [0.29, 0.717) is 5.69 Å². The van der Waals surface area contributed by atoms with Crippen LogP contribution in [0.25, 0.3) is 0 Å². The molecule has 5 heteroatoms. The Morgan fingerprint density at radius 2 is 2.00 bits per heavy atom. The summed E-state index contributed by atoms with van der Waals surface area (Å²) in [4.78, 5) is 9.58. The first-order valence-electron chi connectivity index (χ1n) is 4.86. The molecule has 1 aromatic carbocycles. The Morgan fingerprint density at radius 3 is 2.56 bits per heavy atom. The number of carbonyl (C=O) groups excluding carboxylic acids is 1. The third-order valence-electron chi connectivity index (χ3n) is 2.08. The Labute approximate surface area is 93.7 Å². The molecule has 0 unspecified atom stereocenters. The molecular weight excluding hydrogens is 208 g/mol. The predicted octanol–water partition coefficient (Wildman–Crippen LogP) is 1.07. The van der Waals surface area contributed by atoms with E-state index in [1.54, 1.807) is 30.3 Å². The molecule has 0 heterocycles. The molecule has 0 aliphatic rings. The van der Waals surface area contributed by atoms with Gasteiger partial charge in [-0.1, -0.05) is 24.8 Å². The van der Waals surface area contributed by atoms with E-state index in [1.807, 2.05) is 0 Å². The third kappa shape index (κ3) is 3.47. The molecule has 0 fully saturated rings. The largest absolute Gasteiger partial charge is 0.347 e. The van der Waals surface area contributed by atoms with Gasteiger partial charge in [0.15, 0.2) is 12.2 Å². The van der Waals surface area contributed by atoms with Gasteiger partial charge in [0.25, 0.3) is 0 Å². The zero-order chi connectivity index (χ0) is 12.0. The van der Waals surface area contributed by atoms with E-state index < -0.39 is 4.81 Å². The zero-order valence-electron chi connectivity index (χ0n) is 8.84. The summed E-state index contributed by atoms with van der Waals surface area (Å²) in [6.07, 6.45) is 1.13. The predicted molar refractivity (Wildman–Crippen MR) is 59.9 cm³/mol. The van der Waals surface area contributed by atoms with Gasteiger partial charge in [-0.2, -0.15) is 10.4 Å². The highest BCUT2D eigenvalue weighted by molar-refractivity contribution is 5.86. The summed E-state index contributed by atoms with van der Waals surface area (Å²) in [6.45, 7) is 3.40. The lowest BCUT2D eigenvalue weighted by molar-refractivity contribution is -0.289. The van der Waals surface area contributed by atoms with Crippen molar-refractivity contribution >= 4 is 11.6 Å². The van der Waals surface area contributed by atoms with Crippen LogP contribution in [0.5, 0.6) is 0 Å². The molecule has 0 saturated heterocycles. The molecule has 1 rings (SSSR count). The van der Waals surface area contributed by atoms with Gasteiger partial charge in [-0.25, -0.2) is 0 Å². The highest BCUT2D eigenvalue weighted by atomic mass is 16.8. The summed E-state index contributed by atoms with van der Waals surface area (Å²) in [5, 5.41) is 21.8. The van der Waals surface area contributed by atoms with Crippen LogP contribution in [0.15, 0.2) is 43.0 Å². The molecule has 0 atom stereocenters. The van der Waals surface area contributed by atoms with Crippen molar-refractivity contribution < 1.29 is 15.2 Å². The molecule has 0 aliphatic carbocycles. The number of rotatable bonds is 5. The number of hydroxylamine groups is 2. The first-order valence-corrected chi connectivity index (χ1v) is 4.86. The van der Waals surface area contributed by atoms with Crippen LogP contribution in [-0.4, -0.2) is 29.4 Å². The Balaban J connectivity index is 2.52. The minimum Gasteiger partial charge on any atom is -0.347 e. The highest BCUT2D eigenvalue weighted by Gasteiger charge is 2.25. The van der Waals surface area contributed by atoms with E-state index in [9.17, 15) is 15.2 Å². The molecule has 0 aromatic heterocycles. The lowest BCUT2D eigenvalue weighted by atomic mass is 10.3. The third-order valence-corrected chi connectivity index (χ3v) is 2.08. The van der Waals surface area contributed by atoms with Crippen molar-refractivity contribution in [1.29, 1.82) is 0 Å². The van der Waals surface area contributed by atoms with E-state index in [0.717, 1.165) is 6.08 Å². The molecule has 1 amide bonds. The van der Waals surface area contributed by atoms with Crippen LogP contribution in [0, 0.1) is 0 Å². The monoisotopic (exact) mass is 223 g/mol. The number of amides is 1. The number of hydrogen-bond donors (Lipinski definition) is 3. The summed E-state index contributed by atoms with van der Waals surface area (Å²) in [6, 6.07) is 8.38. The number of hydrogen-bond acceptors (Lipinski definition) is 3. The van der Waals surface area contributed by atoms with Gasteiger partial charge in [0.2, 0.25) is 5.91 Å². The maximum absolute atomic E-state index is 10.8. The topological polar surface area (TPSA) is 69.6 Å². The maximum atomic E-state index is 10.8. The molecule has 16 heavy (non-hydrogen) atoms. The fourth-order valence-corrected chi connectivity index (χ4v) is 1.20. The summed E-state index contributed by atoms with van der Waals surface area (Å²) in [5.74, 6) is -0.340. The van der Waals surface area contributed by atoms with Crippen LogP contribution in [-0.2, 0) is 4.79 Å². The second-order valence-corrected chi connectivity index (χ2v) is 3.28. The molecule has 86 valence electrons. The summed E-state index contributed by atoms with van der Waals surface area (Å²) < 4.78 is 0. The normalized spacial score (nSPS) is 10.9. The van der Waals surface area contributed by atoms with Gasteiger partial charge < -0.3 is 5.32 Å². The van der Waals surface area contributed by atoms with Crippen molar-refractivity contribution in [2.75, 3.05) is 13.1 Å². The molecule has 3 N–H and O–H groups in total. The van der Waals surface area contributed by atoms with Crippen molar-refractivity contribution in [3.8, 4) is 0 Å². The van der Waals surface area contributed by atoms with Crippen molar-refractivity contribution in [1.82, 2.24) is 10.1 Å². The lowest BCUT2D eigenvalue weighted by Crippen LogP contribution is -2.47. The minimum absolute atomic E-state index is 0.0381. The highest BCUT2D eigenvalue weighted by Crippen LogP contribution is 2.16. The van der Waals surface area contributed by atoms with Gasteiger partial charge in [0.05, 0.1) is 6.54 Å². The quantitative estimate of drug-likeness (QED) is 0.397. The number of quaternary nitrogens is 1. The Kier molecular flexibility index (Phi) is 4.19. The van der Waals surface area contributed by atoms with E-state index in [2.05, 4.69) is 11.9 Å². The Hall–Kier alpha value is -1.69. The van der Waals surface area contributed by atoms with Gasteiger partial charge in [-0.3, -0.25) is 4.79 Å². The second kappa shape index (κ2) is 5.41. The van der Waals surface area contributed by atoms with Crippen LogP contribution >= 0.6 is 0 Å². The van der Waals surface area contributed by atoms with Gasteiger partial charge in [0.1, 0.15) is 0 Å². The fraction of sp³-hybridized carbons (Fsp3) is 0.182. The summed E-state index contributed by atoms with van der Waals surface area (Å²) >= 11 is 0. The van der Waals surface area contributed by atoms with Crippen molar-refractivity contribution in [3.05, 3.63) is 43.0 Å².